The number of halogens is 1. The highest BCUT2D eigenvalue weighted by atomic mass is 79.9. The minimum Gasteiger partial charge on any atom is -0.507 e. The third-order valence-corrected chi connectivity index (χ3v) is 5.76. The molecule has 1 amide bonds. The second-order valence-corrected chi connectivity index (χ2v) is 8.11. The minimum atomic E-state index is -0.809. The average Bonchev–Trinajstić information content (AvgIpc) is 3.05. The number of amides is 1. The van der Waals surface area contributed by atoms with Crippen LogP contribution in [-0.4, -0.2) is 22.6 Å². The van der Waals surface area contributed by atoms with E-state index in [0.717, 1.165) is 4.47 Å². The van der Waals surface area contributed by atoms with Crippen LogP contribution in [0.1, 0.15) is 34.5 Å². The Balaban J connectivity index is 1.91. The van der Waals surface area contributed by atoms with Gasteiger partial charge in [-0.1, -0.05) is 58.4 Å². The van der Waals surface area contributed by atoms with Crippen LogP contribution in [0.5, 0.6) is 0 Å². The van der Waals surface area contributed by atoms with Crippen LogP contribution in [0.15, 0.2) is 88.9 Å². The summed E-state index contributed by atoms with van der Waals surface area (Å²) in [5.74, 6) is -1.82. The molecule has 3 aromatic rings. The van der Waals surface area contributed by atoms with Crippen molar-refractivity contribution in [2.24, 2.45) is 0 Å². The summed E-state index contributed by atoms with van der Waals surface area (Å²) in [5.41, 5.74) is 2.12. The summed E-state index contributed by atoms with van der Waals surface area (Å²) in [6, 6.07) is 21.6. The zero-order valence-electron chi connectivity index (χ0n) is 16.6. The number of anilines is 1. The average molecular weight is 476 g/mol. The molecule has 1 aliphatic rings. The summed E-state index contributed by atoms with van der Waals surface area (Å²) < 4.78 is 0.849. The summed E-state index contributed by atoms with van der Waals surface area (Å²) in [5, 5.41) is 11.0. The number of carbonyl (C=O) groups excluding carboxylic acids is 3. The molecule has 0 aliphatic carbocycles. The Hall–Kier alpha value is -3.51. The molecule has 5 nitrogen and oxygen atoms in total. The standard InChI is InChI=1S/C25H18BrNO4/c1-15(28)16-9-13-20(14-10-16)27-22(17-7-11-19(26)12-8-17)21(24(30)25(27)31)23(29)18-5-3-2-4-6-18/h2-14,22,29H,1H3/t22-/m0/s1. The fourth-order valence-corrected chi connectivity index (χ4v) is 3.93. The SMILES string of the molecule is CC(=O)c1ccc(N2C(=O)C(=O)C(=C(O)c3ccccc3)[C@@H]2c2ccc(Br)cc2)cc1. The van der Waals surface area contributed by atoms with Crippen molar-refractivity contribution >= 4 is 44.9 Å². The van der Waals surface area contributed by atoms with E-state index in [1.807, 2.05) is 12.1 Å². The van der Waals surface area contributed by atoms with Gasteiger partial charge in [0.1, 0.15) is 5.76 Å². The summed E-state index contributed by atoms with van der Waals surface area (Å²) in [7, 11) is 0. The van der Waals surface area contributed by atoms with Crippen LogP contribution in [-0.2, 0) is 9.59 Å². The van der Waals surface area contributed by atoms with Crippen LogP contribution < -0.4 is 4.90 Å². The smallest absolute Gasteiger partial charge is 0.300 e. The lowest BCUT2D eigenvalue weighted by atomic mass is 9.95. The van der Waals surface area contributed by atoms with E-state index in [1.165, 1.54) is 11.8 Å². The molecule has 1 N–H and O–H groups in total. The number of rotatable bonds is 4. The molecule has 0 aromatic heterocycles. The van der Waals surface area contributed by atoms with E-state index in [1.54, 1.807) is 66.7 Å². The highest BCUT2D eigenvalue weighted by molar-refractivity contribution is 9.10. The molecule has 0 saturated carbocycles. The van der Waals surface area contributed by atoms with E-state index in [-0.39, 0.29) is 17.1 Å². The largest absolute Gasteiger partial charge is 0.507 e. The van der Waals surface area contributed by atoms with E-state index in [2.05, 4.69) is 15.9 Å². The molecule has 1 saturated heterocycles. The lowest BCUT2D eigenvalue weighted by molar-refractivity contribution is -0.132. The Morgan fingerprint density at radius 3 is 2.06 bits per heavy atom. The molecule has 1 fully saturated rings. The first-order valence-corrected chi connectivity index (χ1v) is 10.4. The Labute approximate surface area is 187 Å². The number of Topliss-reactive ketones (excluding diaryl/α,β-unsaturated/α-hetero) is 2. The molecule has 154 valence electrons. The van der Waals surface area contributed by atoms with Crippen LogP contribution in [0.3, 0.4) is 0 Å². The van der Waals surface area contributed by atoms with E-state index >= 15 is 0 Å². The van der Waals surface area contributed by atoms with Gasteiger partial charge < -0.3 is 5.11 Å². The van der Waals surface area contributed by atoms with Gasteiger partial charge in [0.15, 0.2) is 5.78 Å². The molecule has 0 bridgehead atoms. The molecular weight excluding hydrogens is 458 g/mol. The minimum absolute atomic E-state index is 0.0224. The van der Waals surface area contributed by atoms with Crippen LogP contribution in [0.4, 0.5) is 5.69 Å². The second kappa shape index (κ2) is 8.32. The number of ketones is 2. The van der Waals surface area contributed by atoms with Crippen molar-refractivity contribution in [3.63, 3.8) is 0 Å². The van der Waals surface area contributed by atoms with Crippen LogP contribution >= 0.6 is 15.9 Å². The third kappa shape index (κ3) is 3.82. The van der Waals surface area contributed by atoms with Crippen molar-refractivity contribution in [1.29, 1.82) is 0 Å². The number of benzene rings is 3. The zero-order valence-corrected chi connectivity index (χ0v) is 18.2. The third-order valence-electron chi connectivity index (χ3n) is 5.23. The van der Waals surface area contributed by atoms with Crippen molar-refractivity contribution in [2.45, 2.75) is 13.0 Å². The molecule has 1 heterocycles. The van der Waals surface area contributed by atoms with E-state index in [0.29, 0.717) is 22.4 Å². The van der Waals surface area contributed by atoms with Crippen molar-refractivity contribution in [1.82, 2.24) is 0 Å². The van der Waals surface area contributed by atoms with Gasteiger partial charge in [-0.25, -0.2) is 0 Å². The maximum Gasteiger partial charge on any atom is 0.300 e. The van der Waals surface area contributed by atoms with Crippen LogP contribution in [0.25, 0.3) is 5.76 Å². The van der Waals surface area contributed by atoms with Crippen molar-refractivity contribution in [2.75, 3.05) is 4.90 Å². The quantitative estimate of drug-likeness (QED) is 0.241. The molecule has 0 radical (unpaired) electrons. The van der Waals surface area contributed by atoms with Gasteiger partial charge in [-0.15, -0.1) is 0 Å². The Kier molecular flexibility index (Phi) is 5.57. The van der Waals surface area contributed by atoms with E-state index in [9.17, 15) is 19.5 Å². The molecule has 3 aromatic carbocycles. The van der Waals surface area contributed by atoms with Crippen LogP contribution in [0, 0.1) is 0 Å². The number of nitrogens with zero attached hydrogens (tertiary/aromatic N) is 1. The number of carbonyl (C=O) groups is 3. The molecule has 1 aliphatic heterocycles. The van der Waals surface area contributed by atoms with Gasteiger partial charge in [-0.3, -0.25) is 19.3 Å². The Morgan fingerprint density at radius 1 is 0.871 bits per heavy atom. The van der Waals surface area contributed by atoms with Gasteiger partial charge in [0.05, 0.1) is 11.6 Å². The lowest BCUT2D eigenvalue weighted by Crippen LogP contribution is -2.29. The molecule has 31 heavy (non-hydrogen) atoms. The van der Waals surface area contributed by atoms with E-state index < -0.39 is 17.7 Å². The zero-order chi connectivity index (χ0) is 22.1. The fourth-order valence-electron chi connectivity index (χ4n) is 3.67. The molecule has 4 rings (SSSR count). The molecule has 0 spiro atoms. The number of hydrogen-bond donors (Lipinski definition) is 1. The number of hydrogen-bond acceptors (Lipinski definition) is 4. The normalized spacial score (nSPS) is 17.7. The van der Waals surface area contributed by atoms with Gasteiger partial charge in [0.2, 0.25) is 0 Å². The topological polar surface area (TPSA) is 74.7 Å². The predicted octanol–water partition coefficient (Wildman–Crippen LogP) is 5.28. The van der Waals surface area contributed by atoms with Gasteiger partial charge in [-0.2, -0.15) is 0 Å². The van der Waals surface area contributed by atoms with Gasteiger partial charge >= 0.3 is 0 Å². The fraction of sp³-hybridized carbons (Fsp3) is 0.0800. The maximum absolute atomic E-state index is 13.1. The first kappa shape index (κ1) is 20.8. The highest BCUT2D eigenvalue weighted by Gasteiger charge is 2.46. The van der Waals surface area contributed by atoms with Crippen molar-refractivity contribution in [3.8, 4) is 0 Å². The number of aliphatic hydroxyl groups is 1. The second-order valence-electron chi connectivity index (χ2n) is 7.19. The first-order valence-electron chi connectivity index (χ1n) is 9.61. The number of aliphatic hydroxyl groups excluding tert-OH is 1. The first-order chi connectivity index (χ1) is 14.9. The summed E-state index contributed by atoms with van der Waals surface area (Å²) in [4.78, 5) is 39.1. The molecular formula is C25H18BrNO4. The Bertz CT molecular complexity index is 1200. The maximum atomic E-state index is 13.1. The highest BCUT2D eigenvalue weighted by Crippen LogP contribution is 2.42. The van der Waals surface area contributed by atoms with Crippen molar-refractivity contribution in [3.05, 3.63) is 106 Å². The van der Waals surface area contributed by atoms with Crippen molar-refractivity contribution < 1.29 is 19.5 Å². The summed E-state index contributed by atoms with van der Waals surface area (Å²) in [6.07, 6.45) is 0. The van der Waals surface area contributed by atoms with E-state index in [4.69, 9.17) is 0 Å². The molecule has 6 heteroatoms. The van der Waals surface area contributed by atoms with Gasteiger partial charge in [0, 0.05) is 21.3 Å². The predicted molar refractivity (Wildman–Crippen MR) is 122 cm³/mol. The van der Waals surface area contributed by atoms with Gasteiger partial charge in [0.25, 0.3) is 11.7 Å². The van der Waals surface area contributed by atoms with Crippen LogP contribution in [0.2, 0.25) is 0 Å². The summed E-state index contributed by atoms with van der Waals surface area (Å²) >= 11 is 3.40. The molecule has 1 atom stereocenters. The monoisotopic (exact) mass is 475 g/mol. The van der Waals surface area contributed by atoms with Gasteiger partial charge in [-0.05, 0) is 48.9 Å². The molecule has 0 unspecified atom stereocenters. The lowest BCUT2D eigenvalue weighted by Gasteiger charge is -2.25. The summed E-state index contributed by atoms with van der Waals surface area (Å²) in [6.45, 7) is 1.46. The Morgan fingerprint density at radius 2 is 1.48 bits per heavy atom.